The summed E-state index contributed by atoms with van der Waals surface area (Å²) in [7, 11) is 0. The Morgan fingerprint density at radius 1 is 1.29 bits per heavy atom. The molecule has 0 fully saturated rings. The minimum Gasteiger partial charge on any atom is -0.383 e. The van der Waals surface area contributed by atoms with Gasteiger partial charge in [0.1, 0.15) is 0 Å². The molecule has 2 rings (SSSR count). The first kappa shape index (κ1) is 15.0. The van der Waals surface area contributed by atoms with Gasteiger partial charge in [0.25, 0.3) is 5.91 Å². The Balaban J connectivity index is 2.05. The molecule has 0 saturated heterocycles. The lowest BCUT2D eigenvalue weighted by molar-refractivity contribution is 0.0951. The number of nitrogens with one attached hydrogen (secondary N) is 2. The molecule has 0 unspecified atom stereocenters. The van der Waals surface area contributed by atoms with E-state index in [9.17, 15) is 4.79 Å². The zero-order valence-electron chi connectivity index (χ0n) is 12.4. The third kappa shape index (κ3) is 4.02. The number of hydrogen-bond acceptors (Lipinski definition) is 4. The van der Waals surface area contributed by atoms with Crippen LogP contribution in [0.5, 0.6) is 0 Å². The fourth-order valence-corrected chi connectivity index (χ4v) is 1.96. The van der Waals surface area contributed by atoms with Crippen molar-refractivity contribution in [3.05, 3.63) is 53.6 Å². The second kappa shape index (κ2) is 7.38. The van der Waals surface area contributed by atoms with E-state index in [0.717, 1.165) is 29.9 Å². The topological polar surface area (TPSA) is 66.9 Å². The van der Waals surface area contributed by atoms with Crippen LogP contribution in [0.2, 0.25) is 0 Å². The molecule has 0 atom stereocenters. The van der Waals surface area contributed by atoms with Crippen LogP contribution in [0.1, 0.15) is 35.0 Å². The summed E-state index contributed by atoms with van der Waals surface area (Å²) in [5, 5.41) is 6.12. The third-order valence-corrected chi connectivity index (χ3v) is 3.17. The molecule has 1 amide bonds. The van der Waals surface area contributed by atoms with Crippen molar-refractivity contribution >= 4 is 11.6 Å². The van der Waals surface area contributed by atoms with Crippen molar-refractivity contribution in [3.63, 3.8) is 0 Å². The van der Waals surface area contributed by atoms with Crippen LogP contribution < -0.4 is 10.6 Å². The number of carbonyl (C=O) groups is 1. The number of anilines is 1. The Bertz CT molecular complexity index is 613. The van der Waals surface area contributed by atoms with Crippen molar-refractivity contribution in [1.29, 1.82) is 0 Å². The van der Waals surface area contributed by atoms with Crippen molar-refractivity contribution in [1.82, 2.24) is 15.3 Å². The van der Waals surface area contributed by atoms with Crippen molar-refractivity contribution < 1.29 is 4.79 Å². The number of nitrogens with zero attached hydrogens (tertiary/aromatic N) is 2. The molecule has 2 aromatic rings. The predicted molar refractivity (Wildman–Crippen MR) is 83.2 cm³/mol. The number of hydrogen-bond donors (Lipinski definition) is 2. The molecule has 0 aromatic carbocycles. The predicted octanol–water partition coefficient (Wildman–Crippen LogP) is 2.54. The van der Waals surface area contributed by atoms with Gasteiger partial charge in [-0.1, -0.05) is 13.0 Å². The van der Waals surface area contributed by atoms with Crippen LogP contribution in [0, 0.1) is 6.92 Å². The number of aromatic nitrogens is 2. The summed E-state index contributed by atoms with van der Waals surface area (Å²) in [5.74, 6) is -0.124. The molecular formula is C16H20N4O. The molecule has 2 N–H and O–H groups in total. The lowest BCUT2D eigenvalue weighted by Gasteiger charge is -2.11. The van der Waals surface area contributed by atoms with E-state index in [4.69, 9.17) is 0 Å². The normalized spacial score (nSPS) is 10.2. The van der Waals surface area contributed by atoms with Crippen LogP contribution in [-0.4, -0.2) is 22.4 Å². The summed E-state index contributed by atoms with van der Waals surface area (Å²) >= 11 is 0. The van der Waals surface area contributed by atoms with Crippen LogP contribution >= 0.6 is 0 Å². The molecule has 2 aromatic heterocycles. The SMILES string of the molecule is CCCNc1cnccc1C(=O)NCc1ncccc1C. The summed E-state index contributed by atoms with van der Waals surface area (Å²) in [6, 6.07) is 5.59. The van der Waals surface area contributed by atoms with Crippen molar-refractivity contribution in [2.75, 3.05) is 11.9 Å². The van der Waals surface area contributed by atoms with Crippen molar-refractivity contribution in [2.24, 2.45) is 0 Å². The van der Waals surface area contributed by atoms with Crippen molar-refractivity contribution in [3.8, 4) is 0 Å². The van der Waals surface area contributed by atoms with Gasteiger partial charge in [-0.15, -0.1) is 0 Å². The second-order valence-electron chi connectivity index (χ2n) is 4.80. The highest BCUT2D eigenvalue weighted by Gasteiger charge is 2.11. The zero-order chi connectivity index (χ0) is 15.1. The van der Waals surface area contributed by atoms with E-state index in [2.05, 4.69) is 27.5 Å². The highest BCUT2D eigenvalue weighted by Crippen LogP contribution is 2.13. The molecule has 0 bridgehead atoms. The van der Waals surface area contributed by atoms with Gasteiger partial charge in [-0.05, 0) is 31.0 Å². The first-order valence-corrected chi connectivity index (χ1v) is 7.09. The standard InChI is InChI=1S/C16H20N4O/c1-3-7-18-15-10-17-9-6-13(15)16(21)20-11-14-12(2)5-4-8-19-14/h4-6,8-10,18H,3,7,11H2,1-2H3,(H,20,21). The highest BCUT2D eigenvalue weighted by atomic mass is 16.1. The number of pyridine rings is 2. The van der Waals surface area contributed by atoms with Gasteiger partial charge < -0.3 is 10.6 Å². The highest BCUT2D eigenvalue weighted by molar-refractivity contribution is 5.99. The lowest BCUT2D eigenvalue weighted by Crippen LogP contribution is -2.25. The van der Waals surface area contributed by atoms with Gasteiger partial charge in [0.15, 0.2) is 0 Å². The number of carbonyl (C=O) groups excluding carboxylic acids is 1. The van der Waals surface area contributed by atoms with Crippen LogP contribution in [0.4, 0.5) is 5.69 Å². The first-order chi connectivity index (χ1) is 10.2. The van der Waals surface area contributed by atoms with E-state index < -0.39 is 0 Å². The Morgan fingerprint density at radius 2 is 2.14 bits per heavy atom. The maximum atomic E-state index is 12.3. The van der Waals surface area contributed by atoms with E-state index in [-0.39, 0.29) is 5.91 Å². The van der Waals surface area contributed by atoms with Crippen molar-refractivity contribution in [2.45, 2.75) is 26.8 Å². The second-order valence-corrected chi connectivity index (χ2v) is 4.80. The molecule has 5 nitrogen and oxygen atoms in total. The summed E-state index contributed by atoms with van der Waals surface area (Å²) in [4.78, 5) is 20.6. The molecule has 0 aliphatic rings. The minimum atomic E-state index is -0.124. The number of rotatable bonds is 6. The molecule has 0 aliphatic carbocycles. The molecule has 110 valence electrons. The summed E-state index contributed by atoms with van der Waals surface area (Å²) in [6.07, 6.45) is 6.02. The Kier molecular flexibility index (Phi) is 5.26. The molecular weight excluding hydrogens is 264 g/mol. The van der Waals surface area contributed by atoms with Gasteiger partial charge in [-0.3, -0.25) is 14.8 Å². The molecule has 5 heteroatoms. The summed E-state index contributed by atoms with van der Waals surface area (Å²) < 4.78 is 0. The maximum Gasteiger partial charge on any atom is 0.253 e. The first-order valence-electron chi connectivity index (χ1n) is 7.09. The number of aryl methyl sites for hydroxylation is 1. The fraction of sp³-hybridized carbons (Fsp3) is 0.312. The van der Waals surface area contributed by atoms with E-state index in [1.165, 1.54) is 0 Å². The lowest BCUT2D eigenvalue weighted by atomic mass is 10.2. The Morgan fingerprint density at radius 3 is 2.90 bits per heavy atom. The summed E-state index contributed by atoms with van der Waals surface area (Å²) in [5.41, 5.74) is 3.31. The average molecular weight is 284 g/mol. The molecule has 0 radical (unpaired) electrons. The smallest absolute Gasteiger partial charge is 0.253 e. The van der Waals surface area contributed by atoms with E-state index in [1.807, 2.05) is 19.1 Å². The number of amides is 1. The quantitative estimate of drug-likeness (QED) is 0.855. The van der Waals surface area contributed by atoms with Gasteiger partial charge in [-0.25, -0.2) is 0 Å². The van der Waals surface area contributed by atoms with E-state index in [1.54, 1.807) is 24.7 Å². The van der Waals surface area contributed by atoms with E-state index in [0.29, 0.717) is 12.1 Å². The molecule has 2 heterocycles. The van der Waals surface area contributed by atoms with Gasteiger partial charge >= 0.3 is 0 Å². The molecule has 21 heavy (non-hydrogen) atoms. The molecule has 0 aliphatic heterocycles. The van der Waals surface area contributed by atoms with Crippen LogP contribution in [0.25, 0.3) is 0 Å². The van der Waals surface area contributed by atoms with Crippen LogP contribution in [0.3, 0.4) is 0 Å². The van der Waals surface area contributed by atoms with Crippen LogP contribution in [-0.2, 0) is 6.54 Å². The van der Waals surface area contributed by atoms with Crippen LogP contribution in [0.15, 0.2) is 36.8 Å². The van der Waals surface area contributed by atoms with Gasteiger partial charge in [0.05, 0.1) is 29.7 Å². The fourth-order valence-electron chi connectivity index (χ4n) is 1.96. The Hall–Kier alpha value is -2.43. The largest absolute Gasteiger partial charge is 0.383 e. The van der Waals surface area contributed by atoms with Gasteiger partial charge in [0, 0.05) is 18.9 Å². The average Bonchev–Trinajstić information content (AvgIpc) is 2.52. The zero-order valence-corrected chi connectivity index (χ0v) is 12.4. The van der Waals surface area contributed by atoms with E-state index >= 15 is 0 Å². The molecule has 0 saturated carbocycles. The van der Waals surface area contributed by atoms with Gasteiger partial charge in [0.2, 0.25) is 0 Å². The monoisotopic (exact) mass is 284 g/mol. The molecule has 0 spiro atoms. The minimum absolute atomic E-state index is 0.124. The maximum absolute atomic E-state index is 12.3. The Labute approximate surface area is 124 Å². The van der Waals surface area contributed by atoms with Gasteiger partial charge in [-0.2, -0.15) is 0 Å². The third-order valence-electron chi connectivity index (χ3n) is 3.17. The summed E-state index contributed by atoms with van der Waals surface area (Å²) in [6.45, 7) is 5.29.